The van der Waals surface area contributed by atoms with E-state index in [1.807, 2.05) is 0 Å². The van der Waals surface area contributed by atoms with Gasteiger partial charge in [0.25, 0.3) is 0 Å². The number of halogens is 2. The summed E-state index contributed by atoms with van der Waals surface area (Å²) in [5.74, 6) is 1.53. The van der Waals surface area contributed by atoms with Crippen LogP contribution in [-0.4, -0.2) is 52.6 Å². The molecule has 2 N–H and O–H groups in total. The van der Waals surface area contributed by atoms with E-state index in [1.165, 1.54) is 36.8 Å². The molecular formula is C18H25Cl2N3O2. The summed E-state index contributed by atoms with van der Waals surface area (Å²) in [5.41, 5.74) is 2.33. The molecule has 5 heterocycles. The molecule has 3 fully saturated rings. The SMILES string of the molecule is Cl.Cl.Cn1cc(C2=NCC3(CN4CCC3CC4)O2)c2ccccc21.O. The maximum absolute atomic E-state index is 6.53. The minimum absolute atomic E-state index is 0. The molecular weight excluding hydrogens is 361 g/mol. The first-order chi connectivity index (χ1) is 10.8. The summed E-state index contributed by atoms with van der Waals surface area (Å²) in [6.45, 7) is 4.35. The summed E-state index contributed by atoms with van der Waals surface area (Å²) in [6, 6.07) is 8.49. The van der Waals surface area contributed by atoms with Gasteiger partial charge in [0.05, 0.1) is 12.1 Å². The van der Waals surface area contributed by atoms with Crippen molar-refractivity contribution in [1.82, 2.24) is 9.47 Å². The van der Waals surface area contributed by atoms with E-state index in [1.54, 1.807) is 0 Å². The molecule has 2 aromatic rings. The Morgan fingerprint density at radius 2 is 1.88 bits per heavy atom. The standard InChI is InChI=1S/C18H21N3O.2ClH.H2O/c1-20-10-15(14-4-2-3-5-16(14)20)17-19-11-18(22-17)12-21-8-6-13(18)7-9-21;;;/h2-5,10,13H,6-9,11-12H2,1H3;2*1H;1H2. The van der Waals surface area contributed by atoms with Gasteiger partial charge in [-0.2, -0.15) is 0 Å². The van der Waals surface area contributed by atoms with Crippen molar-refractivity contribution in [3.8, 4) is 0 Å². The van der Waals surface area contributed by atoms with Crippen molar-refractivity contribution < 1.29 is 10.2 Å². The average Bonchev–Trinajstić information content (AvgIpc) is 3.11. The smallest absolute Gasteiger partial charge is 0.219 e. The summed E-state index contributed by atoms with van der Waals surface area (Å²) in [4.78, 5) is 7.36. The number of nitrogens with zero attached hydrogens (tertiary/aromatic N) is 3. The molecule has 1 spiro atoms. The van der Waals surface area contributed by atoms with E-state index in [2.05, 4.69) is 47.0 Å². The third kappa shape index (κ3) is 2.93. The predicted octanol–water partition coefficient (Wildman–Crippen LogP) is 2.44. The van der Waals surface area contributed by atoms with E-state index in [-0.39, 0.29) is 35.9 Å². The topological polar surface area (TPSA) is 61.3 Å². The van der Waals surface area contributed by atoms with Crippen LogP contribution < -0.4 is 0 Å². The quantitative estimate of drug-likeness (QED) is 0.756. The van der Waals surface area contributed by atoms with Crippen LogP contribution >= 0.6 is 24.8 Å². The lowest BCUT2D eigenvalue weighted by atomic mass is 9.75. The molecule has 7 heteroatoms. The summed E-state index contributed by atoms with van der Waals surface area (Å²) in [5, 5.41) is 1.24. The monoisotopic (exact) mass is 385 g/mol. The Kier molecular flexibility index (Phi) is 5.74. The molecule has 1 aromatic heterocycles. The van der Waals surface area contributed by atoms with Gasteiger partial charge in [-0.25, -0.2) is 4.99 Å². The molecule has 138 valence electrons. The minimum Gasteiger partial charge on any atom is -0.467 e. The van der Waals surface area contributed by atoms with Gasteiger partial charge in [0.1, 0.15) is 5.60 Å². The van der Waals surface area contributed by atoms with Crippen molar-refractivity contribution >= 4 is 41.6 Å². The lowest BCUT2D eigenvalue weighted by Gasteiger charge is -2.50. The van der Waals surface area contributed by atoms with Crippen LogP contribution in [0.25, 0.3) is 10.9 Å². The normalized spacial score (nSPS) is 29.4. The Bertz CT molecular complexity index is 784. The Morgan fingerprint density at radius 3 is 2.56 bits per heavy atom. The number of rotatable bonds is 1. The van der Waals surface area contributed by atoms with Gasteiger partial charge in [-0.15, -0.1) is 24.8 Å². The summed E-state index contributed by atoms with van der Waals surface area (Å²) in [7, 11) is 2.09. The fourth-order valence-electron chi connectivity index (χ4n) is 4.53. The molecule has 0 amide bonds. The van der Waals surface area contributed by atoms with Crippen molar-refractivity contribution in [3.05, 3.63) is 36.0 Å². The third-order valence-corrected chi connectivity index (χ3v) is 5.74. The zero-order valence-corrected chi connectivity index (χ0v) is 15.9. The lowest BCUT2D eigenvalue weighted by Crippen LogP contribution is -2.60. The van der Waals surface area contributed by atoms with Crippen molar-refractivity contribution in [1.29, 1.82) is 0 Å². The molecule has 2 bridgehead atoms. The number of aliphatic imine (C=N–C) groups is 1. The van der Waals surface area contributed by atoms with Crippen LogP contribution in [0.1, 0.15) is 18.4 Å². The summed E-state index contributed by atoms with van der Waals surface area (Å²) < 4.78 is 8.69. The van der Waals surface area contributed by atoms with Crippen molar-refractivity contribution in [3.63, 3.8) is 0 Å². The molecule has 1 unspecified atom stereocenters. The second-order valence-corrected chi connectivity index (χ2v) is 7.01. The summed E-state index contributed by atoms with van der Waals surface area (Å²) in [6.07, 6.45) is 4.68. The van der Waals surface area contributed by atoms with Crippen LogP contribution in [0.3, 0.4) is 0 Å². The highest BCUT2D eigenvalue weighted by Crippen LogP contribution is 2.42. The van der Waals surface area contributed by atoms with Gasteiger partial charge in [0, 0.05) is 36.6 Å². The second-order valence-electron chi connectivity index (χ2n) is 7.01. The summed E-state index contributed by atoms with van der Waals surface area (Å²) >= 11 is 0. The molecule has 5 nitrogen and oxygen atoms in total. The molecule has 25 heavy (non-hydrogen) atoms. The molecule has 3 saturated heterocycles. The second kappa shape index (κ2) is 7.16. The van der Waals surface area contributed by atoms with Gasteiger partial charge in [0.15, 0.2) is 0 Å². The van der Waals surface area contributed by atoms with Crippen LogP contribution in [0.5, 0.6) is 0 Å². The number of piperidine rings is 3. The number of hydrogen-bond acceptors (Lipinski definition) is 3. The number of fused-ring (bicyclic) bond motifs is 3. The Morgan fingerprint density at radius 1 is 1.16 bits per heavy atom. The zero-order valence-electron chi connectivity index (χ0n) is 14.3. The highest BCUT2D eigenvalue weighted by atomic mass is 35.5. The van der Waals surface area contributed by atoms with Crippen molar-refractivity contribution in [2.75, 3.05) is 26.2 Å². The van der Waals surface area contributed by atoms with Gasteiger partial charge in [-0.05, 0) is 32.0 Å². The lowest BCUT2D eigenvalue weighted by molar-refractivity contribution is -0.0825. The number of benzene rings is 1. The van der Waals surface area contributed by atoms with Crippen molar-refractivity contribution in [2.45, 2.75) is 18.4 Å². The highest BCUT2D eigenvalue weighted by Gasteiger charge is 2.51. The fourth-order valence-corrected chi connectivity index (χ4v) is 4.53. The van der Waals surface area contributed by atoms with Gasteiger partial charge < -0.3 is 14.8 Å². The first kappa shape index (κ1) is 20.0. The van der Waals surface area contributed by atoms with E-state index in [0.717, 1.165) is 24.6 Å². The van der Waals surface area contributed by atoms with Gasteiger partial charge in [0.2, 0.25) is 5.90 Å². The first-order valence-corrected chi connectivity index (χ1v) is 8.25. The molecule has 6 rings (SSSR count). The Balaban J connectivity index is 0.000000751. The maximum Gasteiger partial charge on any atom is 0.219 e. The van der Waals surface area contributed by atoms with E-state index >= 15 is 0 Å². The Hall–Kier alpha value is -1.27. The van der Waals surface area contributed by atoms with E-state index < -0.39 is 0 Å². The van der Waals surface area contributed by atoms with Crippen LogP contribution in [0.4, 0.5) is 0 Å². The molecule has 4 aliphatic heterocycles. The molecule has 0 aliphatic carbocycles. The highest BCUT2D eigenvalue weighted by molar-refractivity contribution is 6.07. The first-order valence-electron chi connectivity index (χ1n) is 8.25. The molecule has 1 atom stereocenters. The molecule has 0 radical (unpaired) electrons. The molecule has 0 saturated carbocycles. The molecule has 1 aromatic carbocycles. The zero-order chi connectivity index (χ0) is 14.7. The van der Waals surface area contributed by atoms with Crippen molar-refractivity contribution in [2.24, 2.45) is 18.0 Å². The average molecular weight is 386 g/mol. The number of ether oxygens (including phenoxy) is 1. The van der Waals surface area contributed by atoms with Crippen LogP contribution in [-0.2, 0) is 11.8 Å². The third-order valence-electron chi connectivity index (χ3n) is 5.74. The number of aromatic nitrogens is 1. The van der Waals surface area contributed by atoms with Crippen LogP contribution in [0.2, 0.25) is 0 Å². The minimum atomic E-state index is -0.0528. The number of para-hydroxylation sites is 1. The predicted molar refractivity (Wildman–Crippen MR) is 105 cm³/mol. The fraction of sp³-hybridized carbons (Fsp3) is 0.500. The maximum atomic E-state index is 6.53. The van der Waals surface area contributed by atoms with E-state index in [4.69, 9.17) is 9.73 Å². The van der Waals surface area contributed by atoms with Crippen LogP contribution in [0, 0.1) is 5.92 Å². The van der Waals surface area contributed by atoms with Gasteiger partial charge in [-0.1, -0.05) is 18.2 Å². The number of hydrogen-bond donors (Lipinski definition) is 0. The van der Waals surface area contributed by atoms with Gasteiger partial charge in [-0.3, -0.25) is 4.90 Å². The Labute approximate surface area is 160 Å². The van der Waals surface area contributed by atoms with E-state index in [0.29, 0.717) is 5.92 Å². The molecule has 4 aliphatic rings. The number of aryl methyl sites for hydroxylation is 1. The van der Waals surface area contributed by atoms with Crippen LogP contribution in [0.15, 0.2) is 35.5 Å². The van der Waals surface area contributed by atoms with E-state index in [9.17, 15) is 0 Å². The largest absolute Gasteiger partial charge is 0.467 e. The van der Waals surface area contributed by atoms with Gasteiger partial charge >= 0.3 is 0 Å².